The highest BCUT2D eigenvalue weighted by Crippen LogP contribution is 2.25. The molecule has 0 spiro atoms. The third kappa shape index (κ3) is 5.59. The SMILES string of the molecule is COc1ccc(C)cc1C(O)CNCCOC(C)C. The van der Waals surface area contributed by atoms with E-state index >= 15 is 0 Å². The maximum absolute atomic E-state index is 10.2. The van der Waals surface area contributed by atoms with Crippen LogP contribution >= 0.6 is 0 Å². The molecular formula is C15H25NO3. The van der Waals surface area contributed by atoms with Gasteiger partial charge in [-0.3, -0.25) is 0 Å². The fraction of sp³-hybridized carbons (Fsp3) is 0.600. The van der Waals surface area contributed by atoms with Crippen LogP contribution in [-0.4, -0.2) is 38.0 Å². The molecule has 0 saturated carbocycles. The molecular weight excluding hydrogens is 242 g/mol. The summed E-state index contributed by atoms with van der Waals surface area (Å²) in [6.07, 6.45) is -0.336. The van der Waals surface area contributed by atoms with Gasteiger partial charge in [-0.15, -0.1) is 0 Å². The van der Waals surface area contributed by atoms with E-state index in [0.29, 0.717) is 13.2 Å². The van der Waals surface area contributed by atoms with Crippen LogP contribution in [0.2, 0.25) is 0 Å². The van der Waals surface area contributed by atoms with E-state index in [0.717, 1.165) is 23.4 Å². The monoisotopic (exact) mass is 267 g/mol. The van der Waals surface area contributed by atoms with Gasteiger partial charge in [-0.05, 0) is 32.9 Å². The van der Waals surface area contributed by atoms with Crippen molar-refractivity contribution in [3.63, 3.8) is 0 Å². The topological polar surface area (TPSA) is 50.7 Å². The van der Waals surface area contributed by atoms with Crippen molar-refractivity contribution in [2.24, 2.45) is 0 Å². The van der Waals surface area contributed by atoms with Gasteiger partial charge in [0, 0.05) is 18.7 Å². The molecule has 0 aliphatic carbocycles. The van der Waals surface area contributed by atoms with Crippen molar-refractivity contribution in [3.8, 4) is 5.75 Å². The van der Waals surface area contributed by atoms with Crippen LogP contribution in [0.4, 0.5) is 0 Å². The van der Waals surface area contributed by atoms with Crippen LogP contribution in [0.25, 0.3) is 0 Å². The van der Waals surface area contributed by atoms with Gasteiger partial charge in [-0.2, -0.15) is 0 Å². The maximum atomic E-state index is 10.2. The van der Waals surface area contributed by atoms with E-state index in [-0.39, 0.29) is 6.10 Å². The number of aliphatic hydroxyl groups excluding tert-OH is 1. The molecule has 0 aromatic heterocycles. The summed E-state index contributed by atoms with van der Waals surface area (Å²) in [5.74, 6) is 0.721. The lowest BCUT2D eigenvalue weighted by atomic mass is 10.1. The standard InChI is InChI=1S/C15H25NO3/c1-11(2)19-8-7-16-10-14(17)13-9-12(3)5-6-15(13)18-4/h5-6,9,11,14,16-17H,7-8,10H2,1-4H3. The second kappa shape index (κ2) is 8.15. The first kappa shape index (κ1) is 16.0. The van der Waals surface area contributed by atoms with Crippen LogP contribution in [0, 0.1) is 6.92 Å². The van der Waals surface area contributed by atoms with Gasteiger partial charge in [-0.1, -0.05) is 11.6 Å². The zero-order valence-corrected chi connectivity index (χ0v) is 12.3. The Bertz CT molecular complexity index is 380. The number of nitrogens with one attached hydrogen (secondary N) is 1. The van der Waals surface area contributed by atoms with Crippen LogP contribution < -0.4 is 10.1 Å². The average molecular weight is 267 g/mol. The number of ether oxygens (including phenoxy) is 2. The number of benzene rings is 1. The predicted octanol–water partition coefficient (Wildman–Crippen LogP) is 2.05. The molecule has 0 bridgehead atoms. The van der Waals surface area contributed by atoms with Crippen LogP contribution in [0.1, 0.15) is 31.1 Å². The minimum atomic E-state index is -0.575. The van der Waals surface area contributed by atoms with E-state index in [9.17, 15) is 5.11 Å². The molecule has 0 saturated heterocycles. The lowest BCUT2D eigenvalue weighted by Crippen LogP contribution is -2.26. The van der Waals surface area contributed by atoms with Crippen molar-refractivity contribution in [2.75, 3.05) is 26.8 Å². The number of hydrogen-bond donors (Lipinski definition) is 2. The smallest absolute Gasteiger partial charge is 0.124 e. The van der Waals surface area contributed by atoms with Gasteiger partial charge in [-0.25, -0.2) is 0 Å². The van der Waals surface area contributed by atoms with Crippen molar-refractivity contribution in [3.05, 3.63) is 29.3 Å². The molecule has 0 radical (unpaired) electrons. The van der Waals surface area contributed by atoms with Crippen LogP contribution in [0.15, 0.2) is 18.2 Å². The molecule has 1 unspecified atom stereocenters. The molecule has 108 valence electrons. The first-order valence-corrected chi connectivity index (χ1v) is 6.69. The number of hydrogen-bond acceptors (Lipinski definition) is 4. The van der Waals surface area contributed by atoms with Gasteiger partial charge in [0.15, 0.2) is 0 Å². The molecule has 1 aromatic carbocycles. The van der Waals surface area contributed by atoms with Crippen LogP contribution in [-0.2, 0) is 4.74 Å². The Morgan fingerprint density at radius 3 is 2.68 bits per heavy atom. The molecule has 0 aliphatic heterocycles. The van der Waals surface area contributed by atoms with Crippen LogP contribution in [0.3, 0.4) is 0 Å². The summed E-state index contributed by atoms with van der Waals surface area (Å²) in [7, 11) is 1.62. The lowest BCUT2D eigenvalue weighted by molar-refractivity contribution is 0.0780. The van der Waals surface area contributed by atoms with Crippen molar-refractivity contribution in [1.82, 2.24) is 5.32 Å². The Labute approximate surface area is 115 Å². The number of aryl methyl sites for hydroxylation is 1. The maximum Gasteiger partial charge on any atom is 0.124 e. The molecule has 2 N–H and O–H groups in total. The summed E-state index contributed by atoms with van der Waals surface area (Å²) in [6.45, 7) is 7.87. The van der Waals surface area contributed by atoms with E-state index in [1.165, 1.54) is 0 Å². The van der Waals surface area contributed by atoms with E-state index in [2.05, 4.69) is 5.32 Å². The van der Waals surface area contributed by atoms with Crippen molar-refractivity contribution in [1.29, 1.82) is 0 Å². The molecule has 0 heterocycles. The minimum Gasteiger partial charge on any atom is -0.496 e. The highest BCUT2D eigenvalue weighted by molar-refractivity contribution is 5.38. The first-order chi connectivity index (χ1) is 9.04. The Morgan fingerprint density at radius 1 is 1.32 bits per heavy atom. The minimum absolute atomic E-state index is 0.239. The average Bonchev–Trinajstić information content (AvgIpc) is 2.37. The summed E-state index contributed by atoms with van der Waals surface area (Å²) in [4.78, 5) is 0. The summed E-state index contributed by atoms with van der Waals surface area (Å²) < 4.78 is 10.7. The number of methoxy groups -OCH3 is 1. The molecule has 19 heavy (non-hydrogen) atoms. The fourth-order valence-corrected chi connectivity index (χ4v) is 1.83. The summed E-state index contributed by atoms with van der Waals surface area (Å²) in [5, 5.41) is 13.4. The fourth-order valence-electron chi connectivity index (χ4n) is 1.83. The van der Waals surface area contributed by atoms with E-state index in [1.807, 2.05) is 39.0 Å². The quantitative estimate of drug-likeness (QED) is 0.708. The van der Waals surface area contributed by atoms with E-state index in [1.54, 1.807) is 7.11 Å². The zero-order chi connectivity index (χ0) is 14.3. The summed E-state index contributed by atoms with van der Waals surface area (Å²) in [6, 6.07) is 5.81. The molecule has 4 heteroatoms. The molecule has 0 fully saturated rings. The second-order valence-corrected chi connectivity index (χ2v) is 4.88. The number of aliphatic hydroxyl groups is 1. The van der Waals surface area contributed by atoms with E-state index < -0.39 is 6.10 Å². The predicted molar refractivity (Wildman–Crippen MR) is 76.6 cm³/mol. The highest BCUT2D eigenvalue weighted by atomic mass is 16.5. The van der Waals surface area contributed by atoms with Crippen LogP contribution in [0.5, 0.6) is 5.75 Å². The molecule has 0 aliphatic rings. The van der Waals surface area contributed by atoms with Gasteiger partial charge in [0.2, 0.25) is 0 Å². The molecule has 0 amide bonds. The normalized spacial score (nSPS) is 12.7. The molecule has 1 atom stereocenters. The number of rotatable bonds is 8. The van der Waals surface area contributed by atoms with Gasteiger partial charge >= 0.3 is 0 Å². The van der Waals surface area contributed by atoms with Gasteiger partial charge in [0.25, 0.3) is 0 Å². The third-order valence-electron chi connectivity index (χ3n) is 2.81. The van der Waals surface area contributed by atoms with Gasteiger partial charge < -0.3 is 19.9 Å². The molecule has 1 rings (SSSR count). The van der Waals surface area contributed by atoms with Crippen molar-refractivity contribution < 1.29 is 14.6 Å². The lowest BCUT2D eigenvalue weighted by Gasteiger charge is -2.16. The Kier molecular flexibility index (Phi) is 6.84. The molecule has 4 nitrogen and oxygen atoms in total. The second-order valence-electron chi connectivity index (χ2n) is 4.88. The Balaban J connectivity index is 2.44. The van der Waals surface area contributed by atoms with Crippen molar-refractivity contribution in [2.45, 2.75) is 33.0 Å². The molecule has 1 aromatic rings. The highest BCUT2D eigenvalue weighted by Gasteiger charge is 2.12. The zero-order valence-electron chi connectivity index (χ0n) is 12.3. The first-order valence-electron chi connectivity index (χ1n) is 6.69. The van der Waals surface area contributed by atoms with Gasteiger partial charge in [0.05, 0.1) is 25.9 Å². The van der Waals surface area contributed by atoms with Gasteiger partial charge in [0.1, 0.15) is 5.75 Å². The third-order valence-corrected chi connectivity index (χ3v) is 2.81. The summed E-state index contributed by atoms with van der Waals surface area (Å²) in [5.41, 5.74) is 1.93. The Morgan fingerprint density at radius 2 is 2.05 bits per heavy atom. The van der Waals surface area contributed by atoms with Crippen molar-refractivity contribution >= 4 is 0 Å². The summed E-state index contributed by atoms with van der Waals surface area (Å²) >= 11 is 0. The largest absolute Gasteiger partial charge is 0.496 e. The van der Waals surface area contributed by atoms with E-state index in [4.69, 9.17) is 9.47 Å². The Hall–Kier alpha value is -1.10.